The molecule has 1 rings (SSSR count). The fourth-order valence-electron chi connectivity index (χ4n) is 1.37. The van der Waals surface area contributed by atoms with Crippen molar-refractivity contribution in [1.82, 2.24) is 4.98 Å². The van der Waals surface area contributed by atoms with Crippen LogP contribution in [0.15, 0.2) is 24.9 Å². The molecule has 0 radical (unpaired) electrons. The Kier molecular flexibility index (Phi) is 3.56. The van der Waals surface area contributed by atoms with Crippen molar-refractivity contribution in [3.8, 4) is 0 Å². The lowest BCUT2D eigenvalue weighted by atomic mass is 10.1. The zero-order chi connectivity index (χ0) is 9.68. The Hall–Kier alpha value is -1.24. The summed E-state index contributed by atoms with van der Waals surface area (Å²) < 4.78 is 0. The van der Waals surface area contributed by atoms with Gasteiger partial charge in [0.15, 0.2) is 0 Å². The van der Waals surface area contributed by atoms with Gasteiger partial charge in [0.2, 0.25) is 0 Å². The van der Waals surface area contributed by atoms with E-state index >= 15 is 0 Å². The molecule has 13 heavy (non-hydrogen) atoms. The Labute approximate surface area is 80.2 Å². The van der Waals surface area contributed by atoms with Crippen molar-refractivity contribution in [3.05, 3.63) is 41.7 Å². The second-order valence-corrected chi connectivity index (χ2v) is 3.17. The summed E-state index contributed by atoms with van der Waals surface area (Å²) in [5, 5.41) is 0. The van der Waals surface area contributed by atoms with Crippen LogP contribution < -0.4 is 0 Å². The van der Waals surface area contributed by atoms with Gasteiger partial charge in [-0.15, -0.1) is 6.58 Å². The largest absolute Gasteiger partial charge is 0.361 e. The second-order valence-electron chi connectivity index (χ2n) is 3.17. The average molecular weight is 175 g/mol. The molecule has 0 unspecified atom stereocenters. The van der Waals surface area contributed by atoms with E-state index in [0.717, 1.165) is 12.8 Å². The molecule has 0 atom stereocenters. The Morgan fingerprint density at radius 2 is 2.31 bits per heavy atom. The van der Waals surface area contributed by atoms with Gasteiger partial charge in [-0.3, -0.25) is 0 Å². The molecule has 1 heterocycles. The van der Waals surface area contributed by atoms with Gasteiger partial charge in [-0.05, 0) is 37.0 Å². The standard InChI is InChI=1S/C12H17N/c1-4-6-8-12-11(7-5-2)10(3)9-13-12/h5-6,8-9,13H,2,4,7H2,1,3H3/b8-6-. The van der Waals surface area contributed by atoms with Gasteiger partial charge in [0.1, 0.15) is 0 Å². The summed E-state index contributed by atoms with van der Waals surface area (Å²) in [5.41, 5.74) is 3.90. The van der Waals surface area contributed by atoms with Gasteiger partial charge in [-0.25, -0.2) is 0 Å². The van der Waals surface area contributed by atoms with Gasteiger partial charge in [0.05, 0.1) is 0 Å². The van der Waals surface area contributed by atoms with Crippen molar-refractivity contribution in [1.29, 1.82) is 0 Å². The summed E-state index contributed by atoms with van der Waals surface area (Å²) in [5.74, 6) is 0. The van der Waals surface area contributed by atoms with Gasteiger partial charge in [-0.2, -0.15) is 0 Å². The van der Waals surface area contributed by atoms with E-state index in [9.17, 15) is 0 Å². The number of hydrogen-bond acceptors (Lipinski definition) is 0. The van der Waals surface area contributed by atoms with E-state index in [1.165, 1.54) is 16.8 Å². The molecular formula is C12H17N. The third-order valence-electron chi connectivity index (χ3n) is 2.11. The number of H-pyrrole nitrogens is 1. The van der Waals surface area contributed by atoms with Crippen LogP contribution in [0.1, 0.15) is 30.2 Å². The molecule has 1 aromatic heterocycles. The molecule has 0 bridgehead atoms. The van der Waals surface area contributed by atoms with Crippen LogP contribution in [-0.4, -0.2) is 4.98 Å². The molecule has 0 aliphatic carbocycles. The molecule has 1 nitrogen and oxygen atoms in total. The molecule has 0 aliphatic heterocycles. The fourth-order valence-corrected chi connectivity index (χ4v) is 1.37. The first-order chi connectivity index (χ1) is 6.29. The van der Waals surface area contributed by atoms with Crippen molar-refractivity contribution in [2.75, 3.05) is 0 Å². The molecule has 1 heteroatoms. The molecule has 70 valence electrons. The topological polar surface area (TPSA) is 15.8 Å². The van der Waals surface area contributed by atoms with E-state index < -0.39 is 0 Å². The molecule has 0 aromatic carbocycles. The summed E-state index contributed by atoms with van der Waals surface area (Å²) in [4.78, 5) is 3.26. The second kappa shape index (κ2) is 4.70. The Balaban J connectivity index is 2.92. The average Bonchev–Trinajstić information content (AvgIpc) is 2.46. The minimum Gasteiger partial charge on any atom is -0.361 e. The van der Waals surface area contributed by atoms with Crippen molar-refractivity contribution in [2.45, 2.75) is 26.7 Å². The SMILES string of the molecule is C=CCc1c(C)c[nH]c1/C=C\CC. The maximum absolute atomic E-state index is 3.76. The predicted molar refractivity (Wildman–Crippen MR) is 58.8 cm³/mol. The van der Waals surface area contributed by atoms with E-state index in [1.54, 1.807) is 0 Å². The van der Waals surface area contributed by atoms with Crippen molar-refractivity contribution < 1.29 is 0 Å². The zero-order valence-electron chi connectivity index (χ0n) is 8.43. The van der Waals surface area contributed by atoms with Crippen LogP contribution in [-0.2, 0) is 6.42 Å². The molecule has 0 saturated heterocycles. The first-order valence-corrected chi connectivity index (χ1v) is 4.73. The predicted octanol–water partition coefficient (Wildman–Crippen LogP) is 3.47. The summed E-state index contributed by atoms with van der Waals surface area (Å²) in [6, 6.07) is 0. The number of aromatic nitrogens is 1. The smallest absolute Gasteiger partial charge is 0.0415 e. The first kappa shape index (κ1) is 9.85. The van der Waals surface area contributed by atoms with E-state index in [1.807, 2.05) is 12.3 Å². The van der Waals surface area contributed by atoms with Crippen molar-refractivity contribution in [3.63, 3.8) is 0 Å². The van der Waals surface area contributed by atoms with Crippen LogP contribution in [0.25, 0.3) is 6.08 Å². The van der Waals surface area contributed by atoms with Gasteiger partial charge in [-0.1, -0.05) is 19.1 Å². The number of aromatic amines is 1. The monoisotopic (exact) mass is 175 g/mol. The van der Waals surface area contributed by atoms with Crippen LogP contribution in [0, 0.1) is 6.92 Å². The van der Waals surface area contributed by atoms with Crippen LogP contribution in [0.2, 0.25) is 0 Å². The lowest BCUT2D eigenvalue weighted by Gasteiger charge is -1.97. The van der Waals surface area contributed by atoms with E-state index in [4.69, 9.17) is 0 Å². The number of aryl methyl sites for hydroxylation is 1. The lowest BCUT2D eigenvalue weighted by Crippen LogP contribution is -1.84. The van der Waals surface area contributed by atoms with Crippen molar-refractivity contribution >= 4 is 6.08 Å². The Bertz CT molecular complexity index is 305. The quantitative estimate of drug-likeness (QED) is 0.674. The van der Waals surface area contributed by atoms with Crippen molar-refractivity contribution in [2.24, 2.45) is 0 Å². The number of hydrogen-bond donors (Lipinski definition) is 1. The lowest BCUT2D eigenvalue weighted by molar-refractivity contribution is 1.21. The van der Waals surface area contributed by atoms with Gasteiger partial charge in [0, 0.05) is 11.9 Å². The highest BCUT2D eigenvalue weighted by molar-refractivity contribution is 5.52. The molecule has 0 amide bonds. The summed E-state index contributed by atoms with van der Waals surface area (Å²) >= 11 is 0. The van der Waals surface area contributed by atoms with Crippen LogP contribution in [0.4, 0.5) is 0 Å². The number of nitrogens with one attached hydrogen (secondary N) is 1. The minimum atomic E-state index is 0.943. The minimum absolute atomic E-state index is 0.943. The molecule has 0 saturated carbocycles. The molecule has 1 N–H and O–H groups in total. The zero-order valence-corrected chi connectivity index (χ0v) is 8.43. The van der Waals surface area contributed by atoms with E-state index in [0.29, 0.717) is 0 Å². The van der Waals surface area contributed by atoms with E-state index in [-0.39, 0.29) is 0 Å². The van der Waals surface area contributed by atoms with Crippen LogP contribution in [0.3, 0.4) is 0 Å². The third-order valence-corrected chi connectivity index (χ3v) is 2.11. The summed E-state index contributed by atoms with van der Waals surface area (Å²) in [6.45, 7) is 8.02. The maximum atomic E-state index is 3.76. The molecule has 1 aromatic rings. The molecule has 0 fully saturated rings. The summed E-state index contributed by atoms with van der Waals surface area (Å²) in [7, 11) is 0. The highest BCUT2D eigenvalue weighted by Crippen LogP contribution is 2.15. The highest BCUT2D eigenvalue weighted by Gasteiger charge is 2.02. The van der Waals surface area contributed by atoms with Gasteiger partial charge in [0.25, 0.3) is 0 Å². The number of allylic oxidation sites excluding steroid dienone is 2. The van der Waals surface area contributed by atoms with Gasteiger partial charge < -0.3 is 4.98 Å². The Morgan fingerprint density at radius 1 is 1.54 bits per heavy atom. The van der Waals surface area contributed by atoms with Crippen LogP contribution >= 0.6 is 0 Å². The normalized spacial score (nSPS) is 10.9. The third kappa shape index (κ3) is 2.35. The van der Waals surface area contributed by atoms with Crippen LogP contribution in [0.5, 0.6) is 0 Å². The molecule has 0 aliphatic rings. The maximum Gasteiger partial charge on any atom is 0.0415 e. The first-order valence-electron chi connectivity index (χ1n) is 4.73. The molecule has 0 spiro atoms. The van der Waals surface area contributed by atoms with E-state index in [2.05, 4.69) is 37.6 Å². The fraction of sp³-hybridized carbons (Fsp3) is 0.333. The molecular weight excluding hydrogens is 158 g/mol. The number of rotatable bonds is 4. The Morgan fingerprint density at radius 3 is 2.92 bits per heavy atom. The highest BCUT2D eigenvalue weighted by atomic mass is 14.7. The summed E-state index contributed by atoms with van der Waals surface area (Å²) in [6.07, 6.45) is 10.3. The van der Waals surface area contributed by atoms with Gasteiger partial charge >= 0.3 is 0 Å².